The first-order chi connectivity index (χ1) is 9.04. The molecule has 0 heterocycles. The molecule has 102 valence electrons. The zero-order valence-electron chi connectivity index (χ0n) is 10.5. The number of benzene rings is 1. The highest BCUT2D eigenvalue weighted by molar-refractivity contribution is 9.10. The normalized spacial score (nSPS) is 15.8. The quantitative estimate of drug-likeness (QED) is 0.789. The second-order valence-electron chi connectivity index (χ2n) is 4.84. The van der Waals surface area contributed by atoms with Gasteiger partial charge in [0.1, 0.15) is 0 Å². The molecule has 0 radical (unpaired) electrons. The third kappa shape index (κ3) is 3.35. The summed E-state index contributed by atoms with van der Waals surface area (Å²) in [6.07, 6.45) is 2.28. The van der Waals surface area contributed by atoms with Crippen molar-refractivity contribution < 1.29 is 14.7 Å². The van der Waals surface area contributed by atoms with E-state index >= 15 is 0 Å². The SMILES string of the molecule is O=C(O)CCCNC(=O)C1(c2ccc(Br)cc2)CC1. The number of hydrogen-bond acceptors (Lipinski definition) is 2. The van der Waals surface area contributed by atoms with Gasteiger partial charge in [0.15, 0.2) is 0 Å². The predicted molar refractivity (Wildman–Crippen MR) is 74.9 cm³/mol. The summed E-state index contributed by atoms with van der Waals surface area (Å²) in [5.74, 6) is -0.816. The summed E-state index contributed by atoms with van der Waals surface area (Å²) < 4.78 is 0.994. The summed E-state index contributed by atoms with van der Waals surface area (Å²) in [5, 5.41) is 11.4. The van der Waals surface area contributed by atoms with Crippen LogP contribution in [0, 0.1) is 0 Å². The van der Waals surface area contributed by atoms with Gasteiger partial charge < -0.3 is 10.4 Å². The Bertz CT molecular complexity index is 480. The third-order valence-electron chi connectivity index (χ3n) is 3.43. The maximum atomic E-state index is 12.2. The van der Waals surface area contributed by atoms with E-state index < -0.39 is 5.97 Å². The molecular formula is C14H16BrNO3. The summed E-state index contributed by atoms with van der Waals surface area (Å²) in [6, 6.07) is 7.81. The lowest BCUT2D eigenvalue weighted by Crippen LogP contribution is -2.35. The molecule has 2 N–H and O–H groups in total. The summed E-state index contributed by atoms with van der Waals surface area (Å²) in [5.41, 5.74) is 0.649. The maximum Gasteiger partial charge on any atom is 0.303 e. The standard InChI is InChI=1S/C14H16BrNO3/c15-11-5-3-10(4-6-11)14(7-8-14)13(19)16-9-1-2-12(17)18/h3-6H,1-2,7-9H2,(H,16,19)(H,17,18). The van der Waals surface area contributed by atoms with Gasteiger partial charge in [-0.2, -0.15) is 0 Å². The number of carboxylic acids is 1. The lowest BCUT2D eigenvalue weighted by Gasteiger charge is -2.15. The molecule has 1 aromatic carbocycles. The number of carboxylic acid groups (broad SMARTS) is 1. The molecule has 1 aliphatic carbocycles. The van der Waals surface area contributed by atoms with E-state index in [1.54, 1.807) is 0 Å². The van der Waals surface area contributed by atoms with Crippen LogP contribution in [0.15, 0.2) is 28.7 Å². The minimum atomic E-state index is -0.830. The molecular weight excluding hydrogens is 310 g/mol. The van der Waals surface area contributed by atoms with Gasteiger partial charge in [-0.3, -0.25) is 9.59 Å². The Morgan fingerprint density at radius 3 is 2.42 bits per heavy atom. The number of aliphatic carboxylic acids is 1. The van der Waals surface area contributed by atoms with Gasteiger partial charge in [0.2, 0.25) is 5.91 Å². The first kappa shape index (κ1) is 14.1. The van der Waals surface area contributed by atoms with E-state index in [-0.39, 0.29) is 17.7 Å². The fourth-order valence-electron chi connectivity index (χ4n) is 2.15. The zero-order chi connectivity index (χ0) is 13.9. The van der Waals surface area contributed by atoms with Crippen LogP contribution < -0.4 is 5.32 Å². The van der Waals surface area contributed by atoms with E-state index in [0.717, 1.165) is 22.9 Å². The molecule has 0 aromatic heterocycles. The molecule has 0 spiro atoms. The van der Waals surface area contributed by atoms with Crippen LogP contribution in [0.2, 0.25) is 0 Å². The van der Waals surface area contributed by atoms with Gasteiger partial charge in [-0.05, 0) is 37.0 Å². The van der Waals surface area contributed by atoms with Crippen LogP contribution in [0.1, 0.15) is 31.2 Å². The van der Waals surface area contributed by atoms with E-state index in [1.807, 2.05) is 24.3 Å². The van der Waals surface area contributed by atoms with Crippen molar-refractivity contribution in [2.45, 2.75) is 31.1 Å². The van der Waals surface area contributed by atoms with Gasteiger partial charge in [-0.1, -0.05) is 28.1 Å². The van der Waals surface area contributed by atoms with Crippen LogP contribution in [-0.2, 0) is 15.0 Å². The van der Waals surface area contributed by atoms with E-state index in [9.17, 15) is 9.59 Å². The zero-order valence-corrected chi connectivity index (χ0v) is 12.1. The van der Waals surface area contributed by atoms with Gasteiger partial charge >= 0.3 is 5.97 Å². The van der Waals surface area contributed by atoms with Gasteiger partial charge in [-0.25, -0.2) is 0 Å². The van der Waals surface area contributed by atoms with Crippen LogP contribution in [0.25, 0.3) is 0 Å². The molecule has 0 aliphatic heterocycles. The molecule has 1 saturated carbocycles. The molecule has 1 aliphatic rings. The minimum absolute atomic E-state index is 0.0141. The number of carbonyl (C=O) groups is 2. The van der Waals surface area contributed by atoms with Crippen LogP contribution in [0.3, 0.4) is 0 Å². The molecule has 0 saturated heterocycles. The van der Waals surface area contributed by atoms with Crippen molar-refractivity contribution in [3.05, 3.63) is 34.3 Å². The predicted octanol–water partition coefficient (Wildman–Crippen LogP) is 2.46. The number of rotatable bonds is 6. The number of carbonyl (C=O) groups excluding carboxylic acids is 1. The molecule has 5 heteroatoms. The Hall–Kier alpha value is -1.36. The molecule has 1 aromatic rings. The summed E-state index contributed by atoms with van der Waals surface area (Å²) in [4.78, 5) is 22.6. The Balaban J connectivity index is 1.91. The topological polar surface area (TPSA) is 66.4 Å². The van der Waals surface area contributed by atoms with Crippen LogP contribution in [-0.4, -0.2) is 23.5 Å². The Kier molecular flexibility index (Phi) is 4.24. The second kappa shape index (κ2) is 5.74. The molecule has 4 nitrogen and oxygen atoms in total. The summed E-state index contributed by atoms with van der Waals surface area (Å²) in [6.45, 7) is 0.420. The molecule has 0 bridgehead atoms. The number of halogens is 1. The van der Waals surface area contributed by atoms with Gasteiger partial charge in [-0.15, -0.1) is 0 Å². The van der Waals surface area contributed by atoms with Gasteiger partial charge in [0.05, 0.1) is 5.41 Å². The van der Waals surface area contributed by atoms with E-state index in [0.29, 0.717) is 13.0 Å². The van der Waals surface area contributed by atoms with E-state index in [1.165, 1.54) is 0 Å². The van der Waals surface area contributed by atoms with Crippen molar-refractivity contribution in [2.75, 3.05) is 6.54 Å². The first-order valence-corrected chi connectivity index (χ1v) is 7.10. The second-order valence-corrected chi connectivity index (χ2v) is 5.76. The Morgan fingerprint density at radius 2 is 1.89 bits per heavy atom. The monoisotopic (exact) mass is 325 g/mol. The Labute approximate surface area is 120 Å². The fraction of sp³-hybridized carbons (Fsp3) is 0.429. The number of hydrogen-bond donors (Lipinski definition) is 2. The molecule has 1 fully saturated rings. The lowest BCUT2D eigenvalue weighted by atomic mass is 9.95. The van der Waals surface area contributed by atoms with Crippen LogP contribution >= 0.6 is 15.9 Å². The van der Waals surface area contributed by atoms with Crippen molar-refractivity contribution >= 4 is 27.8 Å². The van der Waals surface area contributed by atoms with E-state index in [4.69, 9.17) is 5.11 Å². The average Bonchev–Trinajstić information content (AvgIpc) is 3.16. The largest absolute Gasteiger partial charge is 0.481 e. The highest BCUT2D eigenvalue weighted by atomic mass is 79.9. The number of amides is 1. The van der Waals surface area contributed by atoms with Crippen LogP contribution in [0.4, 0.5) is 0 Å². The van der Waals surface area contributed by atoms with Gasteiger partial charge in [0.25, 0.3) is 0 Å². The first-order valence-electron chi connectivity index (χ1n) is 6.31. The molecule has 0 atom stereocenters. The fourth-order valence-corrected chi connectivity index (χ4v) is 2.42. The highest BCUT2D eigenvalue weighted by Gasteiger charge is 2.50. The smallest absolute Gasteiger partial charge is 0.303 e. The van der Waals surface area contributed by atoms with Gasteiger partial charge in [0, 0.05) is 17.4 Å². The van der Waals surface area contributed by atoms with Crippen molar-refractivity contribution in [1.82, 2.24) is 5.32 Å². The van der Waals surface area contributed by atoms with Crippen molar-refractivity contribution in [1.29, 1.82) is 0 Å². The third-order valence-corrected chi connectivity index (χ3v) is 3.96. The minimum Gasteiger partial charge on any atom is -0.481 e. The van der Waals surface area contributed by atoms with Crippen molar-refractivity contribution in [2.24, 2.45) is 0 Å². The number of nitrogens with one attached hydrogen (secondary N) is 1. The Morgan fingerprint density at radius 1 is 1.26 bits per heavy atom. The molecule has 19 heavy (non-hydrogen) atoms. The van der Waals surface area contributed by atoms with Crippen LogP contribution in [0.5, 0.6) is 0 Å². The maximum absolute atomic E-state index is 12.2. The summed E-state index contributed by atoms with van der Waals surface area (Å²) >= 11 is 3.38. The molecule has 2 rings (SSSR count). The molecule has 0 unspecified atom stereocenters. The van der Waals surface area contributed by atoms with Crippen molar-refractivity contribution in [3.8, 4) is 0 Å². The highest BCUT2D eigenvalue weighted by Crippen LogP contribution is 2.48. The van der Waals surface area contributed by atoms with E-state index in [2.05, 4.69) is 21.2 Å². The lowest BCUT2D eigenvalue weighted by molar-refractivity contribution is -0.137. The molecule has 1 amide bonds. The van der Waals surface area contributed by atoms with Crippen molar-refractivity contribution in [3.63, 3.8) is 0 Å². The average molecular weight is 326 g/mol. The summed E-state index contributed by atoms with van der Waals surface area (Å²) in [7, 11) is 0.